The Bertz CT molecular complexity index is 2090. The first-order valence-corrected chi connectivity index (χ1v) is 14.4. The third kappa shape index (κ3) is 3.64. The van der Waals surface area contributed by atoms with E-state index in [4.69, 9.17) is 0 Å². The Hall–Kier alpha value is -3.65. The van der Waals surface area contributed by atoms with Crippen LogP contribution in [0.25, 0.3) is 59.8 Å². The van der Waals surface area contributed by atoms with Crippen molar-refractivity contribution < 1.29 is 4.57 Å². The smallest absolute Gasteiger partial charge is 0.224 e. The molecule has 0 aliphatic rings. The largest absolute Gasteiger partial charge is 0.307 e. The van der Waals surface area contributed by atoms with Crippen LogP contribution in [0.1, 0.15) is 58.2 Å². The Morgan fingerprint density at radius 3 is 2.15 bits per heavy atom. The molecule has 0 N–H and O–H groups in total. The molecule has 3 heterocycles. The van der Waals surface area contributed by atoms with Crippen molar-refractivity contribution in [3.8, 4) is 0 Å². The first-order chi connectivity index (χ1) is 18.4. The summed E-state index contributed by atoms with van der Waals surface area (Å²) in [6.07, 6.45) is 4.35. The molecule has 7 rings (SSSR count). The molecular formula is C37H39N2+. The second-order valence-corrected chi connectivity index (χ2v) is 14.3. The second kappa shape index (κ2) is 7.94. The number of nitrogens with zero attached hydrogens (tertiary/aromatic N) is 2. The minimum absolute atomic E-state index is 0.199. The number of fused-ring (bicyclic) bond motifs is 7. The Labute approximate surface area is 231 Å². The summed E-state index contributed by atoms with van der Waals surface area (Å²) in [6.45, 7) is 16.4. The Morgan fingerprint density at radius 1 is 0.692 bits per heavy atom. The van der Waals surface area contributed by atoms with Crippen molar-refractivity contribution in [3.63, 3.8) is 0 Å². The summed E-state index contributed by atoms with van der Waals surface area (Å²) in [5.74, 6) is 0. The van der Waals surface area contributed by atoms with E-state index in [1.54, 1.807) is 0 Å². The van der Waals surface area contributed by atoms with Crippen molar-refractivity contribution in [2.75, 3.05) is 0 Å². The number of hydrogen-bond acceptors (Lipinski definition) is 0. The van der Waals surface area contributed by atoms with Gasteiger partial charge in [0.05, 0.1) is 27.3 Å². The van der Waals surface area contributed by atoms with Gasteiger partial charge in [0.15, 0.2) is 6.20 Å². The van der Waals surface area contributed by atoms with Gasteiger partial charge >= 0.3 is 0 Å². The standard InChI is InChI=1S/C37H39N2/c1-22-29-18-23(20-36(2,3)4)12-13-25(29)19-30-31(22)35-32-24(16-17-38(35)8)14-15-28-27-11-9-10-26(21-37(5,6)7)33(27)39(30)34(28)32/h9-19H,20-21H2,1-8H3/q+1. The Kier molecular flexibility index (Phi) is 4.97. The number of aryl methyl sites for hydroxylation is 2. The number of hydrogen-bond donors (Lipinski definition) is 0. The van der Waals surface area contributed by atoms with Gasteiger partial charge < -0.3 is 4.40 Å². The molecule has 7 aromatic rings. The summed E-state index contributed by atoms with van der Waals surface area (Å²) in [5, 5.41) is 9.45. The van der Waals surface area contributed by atoms with E-state index in [0.29, 0.717) is 0 Å². The van der Waals surface area contributed by atoms with Crippen molar-refractivity contribution >= 4 is 59.8 Å². The average molecular weight is 512 g/mol. The Balaban J connectivity index is 1.75. The van der Waals surface area contributed by atoms with Gasteiger partial charge in [0.25, 0.3) is 0 Å². The molecule has 0 amide bonds. The van der Waals surface area contributed by atoms with Crippen LogP contribution in [-0.4, -0.2) is 4.40 Å². The van der Waals surface area contributed by atoms with Crippen molar-refractivity contribution in [3.05, 3.63) is 83.6 Å². The average Bonchev–Trinajstić information content (AvgIpc) is 3.19. The zero-order valence-electron chi connectivity index (χ0n) is 24.7. The van der Waals surface area contributed by atoms with Crippen LogP contribution in [0, 0.1) is 17.8 Å². The van der Waals surface area contributed by atoms with Crippen LogP contribution < -0.4 is 4.57 Å². The molecule has 3 aromatic heterocycles. The quantitative estimate of drug-likeness (QED) is 0.124. The van der Waals surface area contributed by atoms with E-state index in [2.05, 4.69) is 131 Å². The maximum Gasteiger partial charge on any atom is 0.224 e. The highest BCUT2D eigenvalue weighted by Gasteiger charge is 2.26. The van der Waals surface area contributed by atoms with Gasteiger partial charge in [-0.2, -0.15) is 0 Å². The number of rotatable bonds is 2. The van der Waals surface area contributed by atoms with E-state index in [1.165, 1.54) is 76.5 Å². The van der Waals surface area contributed by atoms with Gasteiger partial charge in [-0.05, 0) is 69.5 Å². The Morgan fingerprint density at radius 2 is 1.41 bits per heavy atom. The first-order valence-electron chi connectivity index (χ1n) is 14.4. The summed E-state index contributed by atoms with van der Waals surface area (Å²) >= 11 is 0. The van der Waals surface area contributed by atoms with E-state index in [-0.39, 0.29) is 10.8 Å². The van der Waals surface area contributed by atoms with E-state index >= 15 is 0 Å². The van der Waals surface area contributed by atoms with Crippen LogP contribution in [0.3, 0.4) is 0 Å². The van der Waals surface area contributed by atoms with Gasteiger partial charge in [-0.15, -0.1) is 0 Å². The molecule has 2 nitrogen and oxygen atoms in total. The molecule has 0 saturated heterocycles. The van der Waals surface area contributed by atoms with Crippen LogP contribution in [-0.2, 0) is 19.9 Å². The van der Waals surface area contributed by atoms with Crippen molar-refractivity contribution in [1.29, 1.82) is 0 Å². The molecule has 0 unspecified atom stereocenters. The third-order valence-electron chi connectivity index (χ3n) is 8.51. The molecule has 4 aromatic carbocycles. The maximum atomic E-state index is 2.62. The summed E-state index contributed by atoms with van der Waals surface area (Å²) in [6, 6.07) is 23.5. The van der Waals surface area contributed by atoms with Crippen molar-refractivity contribution in [2.45, 2.75) is 61.3 Å². The van der Waals surface area contributed by atoms with E-state index in [9.17, 15) is 0 Å². The van der Waals surface area contributed by atoms with Crippen LogP contribution in [0.2, 0.25) is 0 Å². The molecule has 2 heteroatoms. The molecule has 0 radical (unpaired) electrons. The predicted octanol–water partition coefficient (Wildman–Crippen LogP) is 9.45. The molecule has 0 atom stereocenters. The molecule has 0 spiro atoms. The summed E-state index contributed by atoms with van der Waals surface area (Å²) in [4.78, 5) is 0. The third-order valence-corrected chi connectivity index (χ3v) is 8.51. The fourth-order valence-corrected chi connectivity index (χ4v) is 7.13. The fourth-order valence-electron chi connectivity index (χ4n) is 7.13. The minimum Gasteiger partial charge on any atom is -0.307 e. The maximum absolute atomic E-state index is 2.62. The van der Waals surface area contributed by atoms with Gasteiger partial charge in [-0.1, -0.05) is 90.1 Å². The lowest BCUT2D eigenvalue weighted by Crippen LogP contribution is -2.28. The number of benzene rings is 4. The van der Waals surface area contributed by atoms with Crippen molar-refractivity contribution in [2.24, 2.45) is 17.9 Å². The lowest BCUT2D eigenvalue weighted by Gasteiger charge is -2.20. The highest BCUT2D eigenvalue weighted by Crippen LogP contribution is 2.44. The van der Waals surface area contributed by atoms with Gasteiger partial charge in [0.2, 0.25) is 5.52 Å². The minimum atomic E-state index is 0.199. The molecule has 39 heavy (non-hydrogen) atoms. The van der Waals surface area contributed by atoms with E-state index in [1.807, 2.05) is 0 Å². The van der Waals surface area contributed by atoms with Crippen molar-refractivity contribution in [1.82, 2.24) is 4.40 Å². The molecule has 0 aliphatic heterocycles. The number of para-hydroxylation sites is 1. The van der Waals surface area contributed by atoms with Gasteiger partial charge in [-0.3, -0.25) is 0 Å². The topological polar surface area (TPSA) is 8.29 Å². The summed E-state index contributed by atoms with van der Waals surface area (Å²) in [5.41, 5.74) is 10.0. The zero-order chi connectivity index (χ0) is 27.4. The van der Waals surface area contributed by atoms with Crippen LogP contribution in [0.4, 0.5) is 0 Å². The van der Waals surface area contributed by atoms with Crippen LogP contribution in [0.5, 0.6) is 0 Å². The van der Waals surface area contributed by atoms with E-state index < -0.39 is 0 Å². The van der Waals surface area contributed by atoms with Gasteiger partial charge in [0, 0.05) is 16.8 Å². The SMILES string of the molecule is Cc1c2cc(CC(C)(C)C)ccc2cc2c1c1c3c(ccc4c5cccc(CC(C)(C)C)c5n2c43)cc[n+]1C. The molecule has 0 fully saturated rings. The molecular weight excluding hydrogens is 472 g/mol. The first kappa shape index (κ1) is 24.4. The second-order valence-electron chi connectivity index (χ2n) is 14.3. The fraction of sp³-hybridized carbons (Fsp3) is 0.324. The normalized spacial score (nSPS) is 13.3. The number of aromatic nitrogens is 2. The molecule has 0 saturated carbocycles. The molecule has 0 bridgehead atoms. The summed E-state index contributed by atoms with van der Waals surface area (Å²) < 4.78 is 4.96. The van der Waals surface area contributed by atoms with Gasteiger partial charge in [-0.25, -0.2) is 4.57 Å². The molecule has 196 valence electrons. The molecule has 0 aliphatic carbocycles. The monoisotopic (exact) mass is 511 g/mol. The zero-order valence-corrected chi connectivity index (χ0v) is 24.7. The lowest BCUT2D eigenvalue weighted by atomic mass is 9.86. The highest BCUT2D eigenvalue weighted by atomic mass is 15.0. The predicted molar refractivity (Wildman–Crippen MR) is 168 cm³/mol. The van der Waals surface area contributed by atoms with Crippen LogP contribution in [0.15, 0.2) is 66.9 Å². The highest BCUT2D eigenvalue weighted by molar-refractivity contribution is 6.28. The van der Waals surface area contributed by atoms with Crippen LogP contribution >= 0.6 is 0 Å². The van der Waals surface area contributed by atoms with Gasteiger partial charge in [0.1, 0.15) is 7.05 Å². The lowest BCUT2D eigenvalue weighted by molar-refractivity contribution is -0.643. The van der Waals surface area contributed by atoms with E-state index in [0.717, 1.165) is 12.8 Å². The number of pyridine rings is 2. The summed E-state index contributed by atoms with van der Waals surface area (Å²) in [7, 11) is 2.21.